The summed E-state index contributed by atoms with van der Waals surface area (Å²) in [5.41, 5.74) is 6.07. The number of nitrogen functional groups attached to an aromatic ring is 1. The van der Waals surface area contributed by atoms with E-state index in [1.54, 1.807) is 0 Å². The molecule has 68 valence electrons. The Morgan fingerprint density at radius 1 is 1.38 bits per heavy atom. The van der Waals surface area contributed by atoms with Gasteiger partial charge in [-0.3, -0.25) is 0 Å². The Labute approximate surface area is 72.0 Å². The highest BCUT2D eigenvalue weighted by atomic mass is 19.3. The first-order chi connectivity index (χ1) is 6.18. The molecule has 0 spiro atoms. The molecule has 0 fully saturated rings. The quantitative estimate of drug-likeness (QED) is 0.725. The Balaban J connectivity index is 2.63. The van der Waals surface area contributed by atoms with Gasteiger partial charge in [-0.15, -0.1) is 0 Å². The van der Waals surface area contributed by atoms with Crippen molar-refractivity contribution in [1.29, 1.82) is 0 Å². The van der Waals surface area contributed by atoms with Gasteiger partial charge in [-0.2, -0.15) is 5.10 Å². The lowest BCUT2D eigenvalue weighted by molar-refractivity contribution is 0.150. The second-order valence-corrected chi connectivity index (χ2v) is 2.56. The lowest BCUT2D eigenvalue weighted by atomic mass is 10.3. The van der Waals surface area contributed by atoms with E-state index in [2.05, 4.69) is 10.1 Å². The highest BCUT2D eigenvalue weighted by Crippen LogP contribution is 2.18. The Morgan fingerprint density at radius 2 is 2.15 bits per heavy atom. The minimum atomic E-state index is -2.54. The van der Waals surface area contributed by atoms with Crippen molar-refractivity contribution >= 4 is 11.3 Å². The molecule has 2 heterocycles. The van der Waals surface area contributed by atoms with Crippen molar-refractivity contribution < 1.29 is 8.78 Å². The van der Waals surface area contributed by atoms with Gasteiger partial charge in [0.1, 0.15) is 0 Å². The summed E-state index contributed by atoms with van der Waals surface area (Å²) in [6.07, 6.45) is 1.14. The van der Waals surface area contributed by atoms with Crippen LogP contribution in [0.1, 0.15) is 12.0 Å². The Hall–Kier alpha value is -1.72. The summed E-state index contributed by atoms with van der Waals surface area (Å²) in [5.74, 6) is 0. The number of halogens is 2. The molecule has 0 saturated carbocycles. The van der Waals surface area contributed by atoms with Crippen molar-refractivity contribution in [3.05, 3.63) is 24.2 Å². The first-order valence-electron chi connectivity index (χ1n) is 3.55. The van der Waals surface area contributed by atoms with Crippen LogP contribution in [0.15, 0.2) is 18.6 Å². The van der Waals surface area contributed by atoms with Crippen molar-refractivity contribution in [2.45, 2.75) is 6.43 Å². The van der Waals surface area contributed by atoms with Crippen molar-refractivity contribution in [3.63, 3.8) is 0 Å². The number of aromatic nitrogens is 3. The van der Waals surface area contributed by atoms with E-state index < -0.39 is 6.43 Å². The van der Waals surface area contributed by atoms with Crippen molar-refractivity contribution in [2.24, 2.45) is 0 Å². The molecule has 13 heavy (non-hydrogen) atoms. The summed E-state index contributed by atoms with van der Waals surface area (Å²) in [7, 11) is 0. The Kier molecular flexibility index (Phi) is 1.61. The summed E-state index contributed by atoms with van der Waals surface area (Å²) >= 11 is 0. The molecule has 2 rings (SSSR count). The topological polar surface area (TPSA) is 56.2 Å². The molecule has 0 aliphatic rings. The van der Waals surface area contributed by atoms with Gasteiger partial charge in [0.05, 0.1) is 17.4 Å². The average Bonchev–Trinajstić information content (AvgIpc) is 2.47. The second-order valence-electron chi connectivity index (χ2n) is 2.56. The number of alkyl halides is 2. The van der Waals surface area contributed by atoms with Crippen molar-refractivity contribution in [1.82, 2.24) is 14.6 Å². The smallest absolute Gasteiger partial charge is 0.266 e. The highest BCUT2D eigenvalue weighted by Gasteiger charge is 2.09. The molecule has 6 heteroatoms. The molecule has 0 amide bonds. The summed E-state index contributed by atoms with van der Waals surface area (Å²) in [5, 5.41) is 3.76. The van der Waals surface area contributed by atoms with E-state index in [0.717, 1.165) is 6.20 Å². The van der Waals surface area contributed by atoms with Crippen molar-refractivity contribution in [2.75, 3.05) is 5.73 Å². The molecule has 0 bridgehead atoms. The van der Waals surface area contributed by atoms with E-state index in [9.17, 15) is 8.78 Å². The Bertz CT molecular complexity index is 437. The van der Waals surface area contributed by atoms with Gasteiger partial charge in [-0.25, -0.2) is 18.3 Å². The number of nitrogens with zero attached hydrogens (tertiary/aromatic N) is 3. The first kappa shape index (κ1) is 7.90. The zero-order valence-corrected chi connectivity index (χ0v) is 6.48. The van der Waals surface area contributed by atoms with Gasteiger partial charge in [0.2, 0.25) is 0 Å². The van der Waals surface area contributed by atoms with E-state index in [4.69, 9.17) is 5.73 Å². The maximum atomic E-state index is 12.2. The fourth-order valence-corrected chi connectivity index (χ4v) is 1.02. The third-order valence-electron chi connectivity index (χ3n) is 1.66. The minimum Gasteiger partial charge on any atom is -0.394 e. The van der Waals surface area contributed by atoms with Crippen molar-refractivity contribution in [3.8, 4) is 0 Å². The second kappa shape index (κ2) is 2.65. The molecule has 0 aliphatic heterocycles. The number of hydrogen-bond acceptors (Lipinski definition) is 3. The van der Waals surface area contributed by atoms with E-state index in [1.807, 2.05) is 0 Å². The van der Waals surface area contributed by atoms with Crippen LogP contribution >= 0.6 is 0 Å². The zero-order chi connectivity index (χ0) is 9.42. The lowest BCUT2D eigenvalue weighted by Crippen LogP contribution is -1.95. The molecule has 2 N–H and O–H groups in total. The van der Waals surface area contributed by atoms with Crippen LogP contribution in [0.5, 0.6) is 0 Å². The van der Waals surface area contributed by atoms with Crippen LogP contribution in [0, 0.1) is 0 Å². The highest BCUT2D eigenvalue weighted by molar-refractivity contribution is 5.62. The number of fused-ring (bicyclic) bond motifs is 1. The molecule has 0 radical (unpaired) electrons. The van der Waals surface area contributed by atoms with E-state index in [1.165, 1.54) is 16.9 Å². The van der Waals surface area contributed by atoms with Gasteiger partial charge in [0.15, 0.2) is 5.65 Å². The summed E-state index contributed by atoms with van der Waals surface area (Å²) in [6.45, 7) is 0. The molecular formula is C7H6F2N4. The average molecular weight is 184 g/mol. The fraction of sp³-hybridized carbons (Fsp3) is 0.143. The summed E-state index contributed by atoms with van der Waals surface area (Å²) < 4.78 is 25.6. The third kappa shape index (κ3) is 1.20. The van der Waals surface area contributed by atoms with Crippen LogP contribution in [-0.2, 0) is 0 Å². The predicted molar refractivity (Wildman–Crippen MR) is 42.4 cm³/mol. The molecule has 2 aromatic rings. The maximum Gasteiger partial charge on any atom is 0.266 e. The van der Waals surface area contributed by atoms with Crippen LogP contribution in [0.3, 0.4) is 0 Å². The largest absolute Gasteiger partial charge is 0.394 e. The van der Waals surface area contributed by atoms with Crippen LogP contribution < -0.4 is 5.73 Å². The van der Waals surface area contributed by atoms with Gasteiger partial charge < -0.3 is 5.73 Å². The zero-order valence-electron chi connectivity index (χ0n) is 6.48. The van der Waals surface area contributed by atoms with Gasteiger partial charge >= 0.3 is 0 Å². The first-order valence-corrected chi connectivity index (χ1v) is 3.55. The molecule has 0 aromatic carbocycles. The standard InChI is InChI=1S/C7H6F2N4/c8-6(9)4-1-11-7-5(10)2-12-13(7)3-4/h1-3,6H,10H2. The van der Waals surface area contributed by atoms with Gasteiger partial charge in [0, 0.05) is 12.4 Å². The van der Waals surface area contributed by atoms with Crippen LogP contribution in [0.25, 0.3) is 5.65 Å². The summed E-state index contributed by atoms with van der Waals surface area (Å²) in [4.78, 5) is 3.76. The predicted octanol–water partition coefficient (Wildman–Crippen LogP) is 1.25. The molecular weight excluding hydrogens is 178 g/mol. The number of hydrogen-bond donors (Lipinski definition) is 1. The van der Waals surface area contributed by atoms with E-state index in [0.29, 0.717) is 11.3 Å². The SMILES string of the molecule is Nc1cnn2cc(C(F)F)cnc12. The van der Waals surface area contributed by atoms with Crippen LogP contribution in [0.4, 0.5) is 14.5 Å². The summed E-state index contributed by atoms with van der Waals surface area (Å²) in [6, 6.07) is 0. The van der Waals surface area contributed by atoms with Gasteiger partial charge in [-0.1, -0.05) is 0 Å². The molecule has 0 aliphatic carbocycles. The molecule has 0 saturated heterocycles. The third-order valence-corrected chi connectivity index (χ3v) is 1.66. The van der Waals surface area contributed by atoms with Crippen LogP contribution in [0.2, 0.25) is 0 Å². The van der Waals surface area contributed by atoms with E-state index >= 15 is 0 Å². The molecule has 0 atom stereocenters. The number of anilines is 1. The minimum absolute atomic E-state index is 0.171. The number of nitrogens with two attached hydrogens (primary N) is 1. The lowest BCUT2D eigenvalue weighted by Gasteiger charge is -1.98. The van der Waals surface area contributed by atoms with Gasteiger partial charge in [0.25, 0.3) is 6.43 Å². The number of rotatable bonds is 1. The Morgan fingerprint density at radius 3 is 2.85 bits per heavy atom. The normalized spacial score (nSPS) is 11.3. The fourth-order valence-electron chi connectivity index (χ4n) is 1.02. The van der Waals surface area contributed by atoms with Gasteiger partial charge in [-0.05, 0) is 0 Å². The monoisotopic (exact) mass is 184 g/mol. The van der Waals surface area contributed by atoms with E-state index in [-0.39, 0.29) is 5.56 Å². The molecule has 4 nitrogen and oxygen atoms in total. The van der Waals surface area contributed by atoms with Crippen LogP contribution in [-0.4, -0.2) is 14.6 Å². The molecule has 2 aromatic heterocycles. The maximum absolute atomic E-state index is 12.2. The molecule has 0 unspecified atom stereocenters.